The molecule has 3 heteroatoms. The molecule has 1 aliphatic carbocycles. The van der Waals surface area contributed by atoms with E-state index in [-0.39, 0.29) is 11.4 Å². The molecule has 0 aliphatic heterocycles. The van der Waals surface area contributed by atoms with E-state index in [1.807, 2.05) is 37.3 Å². The van der Waals surface area contributed by atoms with E-state index in [9.17, 15) is 4.79 Å². The SMILES string of the molecule is CCOC/C=C(/OC(=O)c1ccc(C(C)(C)C)cc1)C1=CCCC1. The van der Waals surface area contributed by atoms with Crippen LogP contribution in [0.3, 0.4) is 0 Å². The Morgan fingerprint density at radius 3 is 2.46 bits per heavy atom. The van der Waals surface area contributed by atoms with Crippen molar-refractivity contribution >= 4 is 5.97 Å². The van der Waals surface area contributed by atoms with Crippen LogP contribution in [-0.2, 0) is 14.9 Å². The van der Waals surface area contributed by atoms with Crippen molar-refractivity contribution in [1.29, 1.82) is 0 Å². The number of rotatable bonds is 6. The lowest BCUT2D eigenvalue weighted by molar-refractivity contribution is 0.0627. The van der Waals surface area contributed by atoms with Gasteiger partial charge in [0.05, 0.1) is 12.2 Å². The second kappa shape index (κ2) is 8.29. The molecular weight excluding hydrogens is 300 g/mol. The Labute approximate surface area is 145 Å². The topological polar surface area (TPSA) is 35.5 Å². The summed E-state index contributed by atoms with van der Waals surface area (Å²) in [5.41, 5.74) is 2.95. The zero-order valence-corrected chi connectivity index (χ0v) is 15.2. The van der Waals surface area contributed by atoms with E-state index in [1.165, 1.54) is 5.56 Å². The number of hydrogen-bond donors (Lipinski definition) is 0. The van der Waals surface area contributed by atoms with Gasteiger partial charge in [-0.3, -0.25) is 0 Å². The molecular formula is C21H28O3. The van der Waals surface area contributed by atoms with Gasteiger partial charge in [-0.2, -0.15) is 0 Å². The third kappa shape index (κ3) is 5.07. The first-order valence-corrected chi connectivity index (χ1v) is 8.72. The molecule has 1 aromatic rings. The number of ether oxygens (including phenoxy) is 2. The molecule has 0 aromatic heterocycles. The minimum Gasteiger partial charge on any atom is -0.423 e. The Bertz CT molecular complexity index is 615. The standard InChI is InChI=1S/C21H28O3/c1-5-23-15-14-19(16-8-6-7-9-16)24-20(22)17-10-12-18(13-11-17)21(2,3)4/h8,10-14H,5-7,9,15H2,1-4H3/b19-14+. The summed E-state index contributed by atoms with van der Waals surface area (Å²) in [4.78, 5) is 12.5. The molecule has 3 nitrogen and oxygen atoms in total. The van der Waals surface area contributed by atoms with Crippen LogP contribution in [0.15, 0.2) is 47.7 Å². The lowest BCUT2D eigenvalue weighted by Crippen LogP contribution is -2.12. The molecule has 0 saturated carbocycles. The highest BCUT2D eigenvalue weighted by atomic mass is 16.5. The van der Waals surface area contributed by atoms with Crippen LogP contribution >= 0.6 is 0 Å². The predicted octanol–water partition coefficient (Wildman–Crippen LogP) is 5.17. The predicted molar refractivity (Wildman–Crippen MR) is 97.1 cm³/mol. The molecule has 0 radical (unpaired) electrons. The molecule has 0 atom stereocenters. The van der Waals surface area contributed by atoms with E-state index in [0.717, 1.165) is 24.8 Å². The van der Waals surface area contributed by atoms with Gasteiger partial charge >= 0.3 is 5.97 Å². The highest BCUT2D eigenvalue weighted by Crippen LogP contribution is 2.27. The van der Waals surface area contributed by atoms with E-state index < -0.39 is 0 Å². The molecule has 24 heavy (non-hydrogen) atoms. The number of hydrogen-bond acceptors (Lipinski definition) is 3. The molecule has 0 heterocycles. The van der Waals surface area contributed by atoms with Gasteiger partial charge < -0.3 is 9.47 Å². The Hall–Kier alpha value is -1.87. The Kier molecular flexibility index (Phi) is 6.38. The molecule has 130 valence electrons. The van der Waals surface area contributed by atoms with Crippen molar-refractivity contribution in [2.75, 3.05) is 13.2 Å². The molecule has 0 bridgehead atoms. The van der Waals surface area contributed by atoms with Crippen LogP contribution in [0.4, 0.5) is 0 Å². The van der Waals surface area contributed by atoms with Gasteiger partial charge in [-0.05, 0) is 60.9 Å². The largest absolute Gasteiger partial charge is 0.423 e. The molecule has 1 aliphatic rings. The van der Waals surface area contributed by atoms with Crippen LogP contribution in [0, 0.1) is 0 Å². The summed E-state index contributed by atoms with van der Waals surface area (Å²) >= 11 is 0. The Balaban J connectivity index is 2.10. The lowest BCUT2D eigenvalue weighted by Gasteiger charge is -2.19. The molecule has 1 aromatic carbocycles. The number of esters is 1. The highest BCUT2D eigenvalue weighted by Gasteiger charge is 2.18. The molecule has 2 rings (SSSR count). The minimum atomic E-state index is -0.314. The first kappa shape index (κ1) is 18.5. The summed E-state index contributed by atoms with van der Waals surface area (Å²) in [6.45, 7) is 9.51. The molecule has 0 saturated heterocycles. The average molecular weight is 328 g/mol. The summed E-state index contributed by atoms with van der Waals surface area (Å²) in [7, 11) is 0. The summed E-state index contributed by atoms with van der Waals surface area (Å²) < 4.78 is 11.0. The smallest absolute Gasteiger partial charge is 0.343 e. The van der Waals surface area contributed by atoms with Crippen LogP contribution in [0.25, 0.3) is 0 Å². The van der Waals surface area contributed by atoms with Gasteiger partial charge in [-0.25, -0.2) is 4.79 Å². The number of carbonyl (C=O) groups excluding carboxylic acids is 1. The quantitative estimate of drug-likeness (QED) is 0.410. The first-order chi connectivity index (χ1) is 11.4. The fourth-order valence-electron chi connectivity index (χ4n) is 2.65. The summed E-state index contributed by atoms with van der Waals surface area (Å²) in [5, 5.41) is 0. The number of carbonyl (C=O) groups is 1. The van der Waals surface area contributed by atoms with E-state index in [4.69, 9.17) is 9.47 Å². The van der Waals surface area contributed by atoms with E-state index in [2.05, 4.69) is 26.8 Å². The van der Waals surface area contributed by atoms with Crippen LogP contribution < -0.4 is 0 Å². The van der Waals surface area contributed by atoms with Crippen LogP contribution in [0.5, 0.6) is 0 Å². The van der Waals surface area contributed by atoms with Gasteiger partial charge in [0.25, 0.3) is 0 Å². The van der Waals surface area contributed by atoms with Gasteiger partial charge in [0.15, 0.2) is 0 Å². The van der Waals surface area contributed by atoms with Gasteiger partial charge in [-0.1, -0.05) is 39.0 Å². The Morgan fingerprint density at radius 2 is 1.92 bits per heavy atom. The second-order valence-electron chi connectivity index (χ2n) is 7.07. The fraction of sp³-hybridized carbons (Fsp3) is 0.476. The first-order valence-electron chi connectivity index (χ1n) is 8.72. The van der Waals surface area contributed by atoms with Crippen molar-refractivity contribution < 1.29 is 14.3 Å². The normalized spacial score (nSPS) is 15.3. The number of allylic oxidation sites excluding steroid dienone is 2. The minimum absolute atomic E-state index is 0.0691. The molecule has 0 unspecified atom stereocenters. The summed E-state index contributed by atoms with van der Waals surface area (Å²) in [5.74, 6) is 0.330. The van der Waals surface area contributed by atoms with Gasteiger partial charge in [0.1, 0.15) is 5.76 Å². The average Bonchev–Trinajstić information content (AvgIpc) is 3.07. The van der Waals surface area contributed by atoms with Crippen molar-refractivity contribution in [2.45, 2.75) is 52.4 Å². The third-order valence-corrected chi connectivity index (χ3v) is 4.14. The van der Waals surface area contributed by atoms with E-state index in [0.29, 0.717) is 24.5 Å². The molecule has 0 N–H and O–H groups in total. The number of benzene rings is 1. The van der Waals surface area contributed by atoms with Crippen molar-refractivity contribution in [3.05, 3.63) is 58.9 Å². The monoisotopic (exact) mass is 328 g/mol. The zero-order valence-electron chi connectivity index (χ0n) is 15.2. The Morgan fingerprint density at radius 1 is 1.21 bits per heavy atom. The molecule has 0 amide bonds. The third-order valence-electron chi connectivity index (χ3n) is 4.14. The van der Waals surface area contributed by atoms with Gasteiger partial charge in [0, 0.05) is 6.61 Å². The second-order valence-corrected chi connectivity index (χ2v) is 7.07. The fourth-order valence-corrected chi connectivity index (χ4v) is 2.65. The van der Waals surface area contributed by atoms with E-state index >= 15 is 0 Å². The van der Waals surface area contributed by atoms with Crippen LogP contribution in [-0.4, -0.2) is 19.2 Å². The van der Waals surface area contributed by atoms with Gasteiger partial charge in [-0.15, -0.1) is 0 Å². The van der Waals surface area contributed by atoms with E-state index in [1.54, 1.807) is 0 Å². The van der Waals surface area contributed by atoms with Crippen molar-refractivity contribution in [3.8, 4) is 0 Å². The lowest BCUT2D eigenvalue weighted by atomic mass is 9.87. The molecule has 0 spiro atoms. The van der Waals surface area contributed by atoms with Crippen LogP contribution in [0.2, 0.25) is 0 Å². The molecule has 0 fully saturated rings. The highest BCUT2D eigenvalue weighted by molar-refractivity contribution is 5.90. The van der Waals surface area contributed by atoms with Crippen LogP contribution in [0.1, 0.15) is 62.9 Å². The van der Waals surface area contributed by atoms with Crippen molar-refractivity contribution in [1.82, 2.24) is 0 Å². The zero-order chi connectivity index (χ0) is 17.6. The maximum absolute atomic E-state index is 12.5. The van der Waals surface area contributed by atoms with Crippen molar-refractivity contribution in [3.63, 3.8) is 0 Å². The summed E-state index contributed by atoms with van der Waals surface area (Å²) in [6.07, 6.45) is 7.11. The van der Waals surface area contributed by atoms with Gasteiger partial charge in [0.2, 0.25) is 0 Å². The maximum Gasteiger partial charge on any atom is 0.343 e. The maximum atomic E-state index is 12.5. The van der Waals surface area contributed by atoms with Crippen molar-refractivity contribution in [2.24, 2.45) is 0 Å². The summed E-state index contributed by atoms with van der Waals surface area (Å²) in [6, 6.07) is 7.67.